The van der Waals surface area contributed by atoms with Crippen LogP contribution in [0, 0.1) is 0 Å². The average Bonchev–Trinajstić information content (AvgIpc) is 2.48. The molecule has 1 aromatic carbocycles. The zero-order valence-corrected chi connectivity index (χ0v) is 12.5. The van der Waals surface area contributed by atoms with Gasteiger partial charge in [0, 0.05) is 18.7 Å². The molecule has 0 atom stereocenters. The van der Waals surface area contributed by atoms with E-state index >= 15 is 0 Å². The summed E-state index contributed by atoms with van der Waals surface area (Å²) in [6, 6.07) is 7.43. The van der Waals surface area contributed by atoms with E-state index in [2.05, 4.69) is 4.90 Å². The van der Waals surface area contributed by atoms with Crippen LogP contribution in [-0.4, -0.2) is 49.1 Å². The summed E-state index contributed by atoms with van der Waals surface area (Å²) >= 11 is 0. The number of carbonyl (C=O) groups excluding carboxylic acids is 1. The van der Waals surface area contributed by atoms with Gasteiger partial charge in [-0.1, -0.05) is 12.1 Å². The van der Waals surface area contributed by atoms with E-state index in [0.717, 1.165) is 18.8 Å². The van der Waals surface area contributed by atoms with Crippen LogP contribution < -0.4 is 4.74 Å². The lowest BCUT2D eigenvalue weighted by Gasteiger charge is -2.39. The second kappa shape index (κ2) is 6.37. The van der Waals surface area contributed by atoms with Crippen LogP contribution in [0.25, 0.3) is 0 Å². The van der Waals surface area contributed by atoms with E-state index in [4.69, 9.17) is 9.47 Å². The zero-order valence-electron chi connectivity index (χ0n) is 12.5. The second-order valence-corrected chi connectivity index (χ2v) is 5.45. The molecule has 2 rings (SSSR count). The fourth-order valence-electron chi connectivity index (χ4n) is 2.51. The smallest absolute Gasteiger partial charge is 0.182 e. The predicted octanol–water partition coefficient (Wildman–Crippen LogP) is 2.38. The van der Waals surface area contributed by atoms with Gasteiger partial charge in [-0.05, 0) is 32.9 Å². The largest absolute Gasteiger partial charge is 0.494 e. The molecular weight excluding hydrogens is 254 g/mol. The lowest BCUT2D eigenvalue weighted by Crippen LogP contribution is -2.54. The van der Waals surface area contributed by atoms with Crippen molar-refractivity contribution in [2.75, 3.05) is 32.9 Å². The molecule has 0 bridgehead atoms. The lowest BCUT2D eigenvalue weighted by molar-refractivity contribution is -0.00430. The first-order valence-corrected chi connectivity index (χ1v) is 7.16. The van der Waals surface area contributed by atoms with Crippen molar-refractivity contribution in [3.63, 3.8) is 0 Å². The normalized spacial score (nSPS) is 16.9. The summed E-state index contributed by atoms with van der Waals surface area (Å²) < 4.78 is 10.8. The summed E-state index contributed by atoms with van der Waals surface area (Å²) in [5.41, 5.74) is 0.182. The molecule has 0 saturated carbocycles. The minimum atomic E-state index is -0.519. The van der Waals surface area contributed by atoms with Crippen molar-refractivity contribution in [2.45, 2.75) is 26.3 Å². The molecular formula is C16H23NO3. The Kier molecular flexibility index (Phi) is 4.78. The van der Waals surface area contributed by atoms with E-state index in [9.17, 15) is 4.79 Å². The number of hydrogen-bond donors (Lipinski definition) is 0. The van der Waals surface area contributed by atoms with Crippen molar-refractivity contribution in [3.05, 3.63) is 29.8 Å². The third kappa shape index (κ3) is 3.19. The van der Waals surface area contributed by atoms with Crippen LogP contribution >= 0.6 is 0 Å². The molecule has 1 saturated heterocycles. The molecule has 1 aliphatic rings. The van der Waals surface area contributed by atoms with E-state index in [1.807, 2.05) is 45.0 Å². The molecule has 1 aliphatic heterocycles. The lowest BCUT2D eigenvalue weighted by atomic mass is 9.91. The van der Waals surface area contributed by atoms with Crippen molar-refractivity contribution in [1.82, 2.24) is 4.90 Å². The highest BCUT2D eigenvalue weighted by Crippen LogP contribution is 2.24. The topological polar surface area (TPSA) is 38.8 Å². The maximum Gasteiger partial charge on any atom is 0.182 e. The number of benzene rings is 1. The summed E-state index contributed by atoms with van der Waals surface area (Å²) in [7, 11) is 0. The highest BCUT2D eigenvalue weighted by Gasteiger charge is 2.35. The SMILES string of the molecule is CCOc1cccc(C(=O)C(C)(C)N2CCOCC2)c1. The summed E-state index contributed by atoms with van der Waals surface area (Å²) in [5.74, 6) is 0.872. The molecule has 1 heterocycles. The van der Waals surface area contributed by atoms with E-state index in [1.165, 1.54) is 0 Å². The van der Waals surface area contributed by atoms with Gasteiger partial charge in [-0.3, -0.25) is 9.69 Å². The Morgan fingerprint density at radius 3 is 2.70 bits per heavy atom. The minimum absolute atomic E-state index is 0.126. The molecule has 1 fully saturated rings. The van der Waals surface area contributed by atoms with Gasteiger partial charge in [-0.2, -0.15) is 0 Å². The summed E-state index contributed by atoms with van der Waals surface area (Å²) in [6.07, 6.45) is 0. The van der Waals surface area contributed by atoms with Gasteiger partial charge in [0.2, 0.25) is 0 Å². The molecule has 0 aromatic heterocycles. The van der Waals surface area contributed by atoms with Crippen LogP contribution in [0.1, 0.15) is 31.1 Å². The maximum atomic E-state index is 12.8. The predicted molar refractivity (Wildman–Crippen MR) is 78.4 cm³/mol. The third-order valence-electron chi connectivity index (χ3n) is 3.76. The minimum Gasteiger partial charge on any atom is -0.494 e. The number of Topliss-reactive ketones (excluding diaryl/α,β-unsaturated/α-hetero) is 1. The van der Waals surface area contributed by atoms with Crippen molar-refractivity contribution >= 4 is 5.78 Å². The summed E-state index contributed by atoms with van der Waals surface area (Å²) in [5, 5.41) is 0. The summed E-state index contributed by atoms with van der Waals surface area (Å²) in [6.45, 7) is 9.47. The van der Waals surface area contributed by atoms with E-state index < -0.39 is 5.54 Å². The first-order chi connectivity index (χ1) is 9.55. The first-order valence-electron chi connectivity index (χ1n) is 7.16. The highest BCUT2D eigenvalue weighted by atomic mass is 16.5. The molecule has 0 unspecified atom stereocenters. The number of rotatable bonds is 5. The van der Waals surface area contributed by atoms with Crippen LogP contribution in [0.4, 0.5) is 0 Å². The van der Waals surface area contributed by atoms with Crippen LogP contribution in [-0.2, 0) is 4.74 Å². The molecule has 1 aromatic rings. The maximum absolute atomic E-state index is 12.8. The van der Waals surface area contributed by atoms with Crippen molar-refractivity contribution in [2.24, 2.45) is 0 Å². The van der Waals surface area contributed by atoms with Gasteiger partial charge in [0.15, 0.2) is 5.78 Å². The van der Waals surface area contributed by atoms with Gasteiger partial charge in [-0.25, -0.2) is 0 Å². The Bertz CT molecular complexity index is 465. The van der Waals surface area contributed by atoms with Crippen molar-refractivity contribution in [3.8, 4) is 5.75 Å². The molecule has 0 radical (unpaired) electrons. The zero-order chi connectivity index (χ0) is 14.6. The second-order valence-electron chi connectivity index (χ2n) is 5.45. The monoisotopic (exact) mass is 277 g/mol. The fraction of sp³-hybridized carbons (Fsp3) is 0.562. The third-order valence-corrected chi connectivity index (χ3v) is 3.76. The van der Waals surface area contributed by atoms with Gasteiger partial charge in [-0.15, -0.1) is 0 Å². The number of morpholine rings is 1. The average molecular weight is 277 g/mol. The van der Waals surface area contributed by atoms with Crippen LogP contribution in [0.2, 0.25) is 0 Å². The van der Waals surface area contributed by atoms with Gasteiger partial charge in [0.1, 0.15) is 5.75 Å². The Balaban J connectivity index is 2.18. The number of hydrogen-bond acceptors (Lipinski definition) is 4. The van der Waals surface area contributed by atoms with E-state index in [1.54, 1.807) is 0 Å². The number of ketones is 1. The first kappa shape index (κ1) is 15.0. The van der Waals surface area contributed by atoms with E-state index in [0.29, 0.717) is 25.4 Å². The Morgan fingerprint density at radius 1 is 1.35 bits per heavy atom. The highest BCUT2D eigenvalue weighted by molar-refractivity contribution is 6.03. The molecule has 110 valence electrons. The summed E-state index contributed by atoms with van der Waals surface area (Å²) in [4.78, 5) is 15.0. The van der Waals surface area contributed by atoms with Crippen molar-refractivity contribution in [1.29, 1.82) is 0 Å². The standard InChI is InChI=1S/C16H23NO3/c1-4-20-14-7-5-6-13(12-14)15(18)16(2,3)17-8-10-19-11-9-17/h5-7,12H,4,8-11H2,1-3H3. The van der Waals surface area contributed by atoms with Crippen LogP contribution in [0.5, 0.6) is 5.75 Å². The van der Waals surface area contributed by atoms with Crippen molar-refractivity contribution < 1.29 is 14.3 Å². The number of ether oxygens (including phenoxy) is 2. The molecule has 4 nitrogen and oxygen atoms in total. The molecule has 20 heavy (non-hydrogen) atoms. The fourth-order valence-corrected chi connectivity index (χ4v) is 2.51. The Morgan fingerprint density at radius 2 is 2.05 bits per heavy atom. The molecule has 0 amide bonds. The Hall–Kier alpha value is -1.39. The number of carbonyl (C=O) groups is 1. The molecule has 0 aliphatic carbocycles. The molecule has 0 spiro atoms. The van der Waals surface area contributed by atoms with Gasteiger partial charge in [0.05, 0.1) is 25.4 Å². The van der Waals surface area contributed by atoms with E-state index in [-0.39, 0.29) is 5.78 Å². The number of nitrogens with zero attached hydrogens (tertiary/aromatic N) is 1. The van der Waals surface area contributed by atoms with Gasteiger partial charge < -0.3 is 9.47 Å². The van der Waals surface area contributed by atoms with Crippen LogP contribution in [0.3, 0.4) is 0 Å². The van der Waals surface area contributed by atoms with Crippen LogP contribution in [0.15, 0.2) is 24.3 Å². The van der Waals surface area contributed by atoms with Gasteiger partial charge >= 0.3 is 0 Å². The molecule has 0 N–H and O–H groups in total. The molecule has 4 heteroatoms. The Labute approximate surface area is 120 Å². The van der Waals surface area contributed by atoms with Gasteiger partial charge in [0.25, 0.3) is 0 Å². The quantitative estimate of drug-likeness (QED) is 0.775.